The quantitative estimate of drug-likeness (QED) is 0.839. The fraction of sp³-hybridized carbons (Fsp3) is 0.667. The number of halogens is 3. The van der Waals surface area contributed by atoms with Gasteiger partial charge in [-0.3, -0.25) is 0 Å². The molecule has 0 spiro atoms. The van der Waals surface area contributed by atoms with Crippen molar-refractivity contribution in [1.29, 1.82) is 0 Å². The molecular formula is C18H25F3N4O. The number of nitrogens with one attached hydrogen (secondary N) is 2. The maximum Gasteiger partial charge on any atom is 0.433 e. The molecule has 1 aliphatic heterocycles. The fourth-order valence-corrected chi connectivity index (χ4v) is 3.93. The highest BCUT2D eigenvalue weighted by Crippen LogP contribution is 2.40. The van der Waals surface area contributed by atoms with Gasteiger partial charge in [0, 0.05) is 30.6 Å². The van der Waals surface area contributed by atoms with Crippen LogP contribution in [-0.4, -0.2) is 35.7 Å². The molecule has 1 aromatic heterocycles. The Morgan fingerprint density at radius 3 is 2.58 bits per heavy atom. The van der Waals surface area contributed by atoms with Crippen LogP contribution in [0.1, 0.15) is 39.3 Å². The van der Waals surface area contributed by atoms with E-state index in [0.29, 0.717) is 24.8 Å². The van der Waals surface area contributed by atoms with Crippen molar-refractivity contribution >= 4 is 11.8 Å². The van der Waals surface area contributed by atoms with Gasteiger partial charge in [-0.25, -0.2) is 9.78 Å². The average molecular weight is 370 g/mol. The predicted molar refractivity (Wildman–Crippen MR) is 92.9 cm³/mol. The molecule has 1 aromatic rings. The van der Waals surface area contributed by atoms with Crippen LogP contribution in [0.5, 0.6) is 0 Å². The highest BCUT2D eigenvalue weighted by Gasteiger charge is 2.44. The van der Waals surface area contributed by atoms with Crippen LogP contribution < -0.4 is 15.5 Å². The number of rotatable bonds is 2. The monoisotopic (exact) mass is 370 g/mol. The smallest absolute Gasteiger partial charge is 0.356 e. The minimum atomic E-state index is -4.44. The summed E-state index contributed by atoms with van der Waals surface area (Å²) in [5, 5.41) is 5.93. The van der Waals surface area contributed by atoms with Crippen LogP contribution >= 0.6 is 0 Å². The average Bonchev–Trinajstić information content (AvgIpc) is 3.07. The van der Waals surface area contributed by atoms with Crippen LogP contribution in [0.25, 0.3) is 0 Å². The predicted octanol–water partition coefficient (Wildman–Crippen LogP) is 3.41. The molecule has 1 aliphatic carbocycles. The minimum absolute atomic E-state index is 0.0400. The number of hydrogen-bond acceptors (Lipinski definition) is 3. The lowest BCUT2D eigenvalue weighted by molar-refractivity contribution is -0.141. The van der Waals surface area contributed by atoms with Gasteiger partial charge in [0.2, 0.25) is 0 Å². The molecule has 1 saturated heterocycles. The standard InChI is InChI=1S/C18H25F3N4O/c1-17(2,3)24-16(26)22-13-8-7-11-9-25(10-12(11)13)15-6-4-5-14(23-15)18(19,20)21/h4-6,11-13H,7-10H2,1-3H3,(H2,22,24,26)/t11-,12+,13+/m1/s1. The van der Waals surface area contributed by atoms with E-state index in [2.05, 4.69) is 15.6 Å². The minimum Gasteiger partial charge on any atom is -0.356 e. The Bertz CT molecular complexity index is 671. The molecule has 2 heterocycles. The van der Waals surface area contributed by atoms with Crippen LogP contribution in [0.4, 0.5) is 23.8 Å². The van der Waals surface area contributed by atoms with Crippen LogP contribution in [0.15, 0.2) is 18.2 Å². The van der Waals surface area contributed by atoms with Crippen molar-refractivity contribution in [2.24, 2.45) is 11.8 Å². The molecule has 2 fully saturated rings. The van der Waals surface area contributed by atoms with Gasteiger partial charge in [-0.1, -0.05) is 6.07 Å². The Balaban J connectivity index is 1.66. The summed E-state index contributed by atoms with van der Waals surface area (Å²) in [5.41, 5.74) is -1.18. The van der Waals surface area contributed by atoms with E-state index in [1.807, 2.05) is 25.7 Å². The van der Waals surface area contributed by atoms with Crippen LogP contribution in [-0.2, 0) is 6.18 Å². The van der Waals surface area contributed by atoms with Crippen molar-refractivity contribution in [2.45, 2.75) is 51.4 Å². The number of hydrogen-bond donors (Lipinski definition) is 2. The molecule has 2 amide bonds. The molecule has 26 heavy (non-hydrogen) atoms. The van der Waals surface area contributed by atoms with E-state index in [0.717, 1.165) is 18.9 Å². The van der Waals surface area contributed by atoms with Gasteiger partial charge in [-0.05, 0) is 51.7 Å². The lowest BCUT2D eigenvalue weighted by Crippen LogP contribution is -2.51. The van der Waals surface area contributed by atoms with Gasteiger partial charge in [0.1, 0.15) is 11.5 Å². The molecule has 8 heteroatoms. The lowest BCUT2D eigenvalue weighted by Gasteiger charge is -2.26. The second-order valence-electron chi connectivity index (χ2n) is 8.24. The van der Waals surface area contributed by atoms with Crippen molar-refractivity contribution in [2.75, 3.05) is 18.0 Å². The third-order valence-corrected chi connectivity index (χ3v) is 5.01. The van der Waals surface area contributed by atoms with Gasteiger partial charge in [0.15, 0.2) is 0 Å². The van der Waals surface area contributed by atoms with Crippen LogP contribution in [0.3, 0.4) is 0 Å². The number of urea groups is 1. The van der Waals surface area contributed by atoms with Gasteiger partial charge in [-0.15, -0.1) is 0 Å². The van der Waals surface area contributed by atoms with E-state index in [4.69, 9.17) is 0 Å². The SMILES string of the molecule is CC(C)(C)NC(=O)N[C@H]1CC[C@@H]2CN(c3cccc(C(F)(F)F)n3)C[C@@H]21. The van der Waals surface area contributed by atoms with Crippen molar-refractivity contribution in [3.63, 3.8) is 0 Å². The van der Waals surface area contributed by atoms with Crippen molar-refractivity contribution in [1.82, 2.24) is 15.6 Å². The molecule has 0 bridgehead atoms. The second-order valence-corrected chi connectivity index (χ2v) is 8.24. The van der Waals surface area contributed by atoms with Gasteiger partial charge in [-0.2, -0.15) is 13.2 Å². The topological polar surface area (TPSA) is 57.3 Å². The summed E-state index contributed by atoms with van der Waals surface area (Å²) in [4.78, 5) is 17.8. The van der Waals surface area contributed by atoms with Crippen molar-refractivity contribution in [3.05, 3.63) is 23.9 Å². The molecule has 0 aromatic carbocycles. The number of amides is 2. The second kappa shape index (κ2) is 6.63. The van der Waals surface area contributed by atoms with Gasteiger partial charge < -0.3 is 15.5 Å². The number of aromatic nitrogens is 1. The molecule has 3 atom stereocenters. The summed E-state index contributed by atoms with van der Waals surface area (Å²) in [7, 11) is 0. The first kappa shape index (κ1) is 18.8. The summed E-state index contributed by atoms with van der Waals surface area (Å²) >= 11 is 0. The number of anilines is 1. The molecule has 0 radical (unpaired) electrons. The summed E-state index contributed by atoms with van der Waals surface area (Å²) in [5.74, 6) is 0.954. The zero-order valence-electron chi connectivity index (χ0n) is 15.2. The fourth-order valence-electron chi connectivity index (χ4n) is 3.93. The summed E-state index contributed by atoms with van der Waals surface area (Å²) in [6.45, 7) is 7.04. The molecule has 2 N–H and O–H groups in total. The Labute approximate surface area is 151 Å². The molecule has 2 aliphatic rings. The van der Waals surface area contributed by atoms with Crippen molar-refractivity contribution < 1.29 is 18.0 Å². The largest absolute Gasteiger partial charge is 0.433 e. The van der Waals surface area contributed by atoms with E-state index < -0.39 is 11.9 Å². The van der Waals surface area contributed by atoms with E-state index in [9.17, 15) is 18.0 Å². The van der Waals surface area contributed by atoms with Crippen LogP contribution in [0.2, 0.25) is 0 Å². The highest BCUT2D eigenvalue weighted by molar-refractivity contribution is 5.75. The number of fused-ring (bicyclic) bond motifs is 1. The molecular weight excluding hydrogens is 345 g/mol. The highest BCUT2D eigenvalue weighted by atomic mass is 19.4. The molecule has 1 saturated carbocycles. The first-order valence-electron chi connectivity index (χ1n) is 8.91. The van der Waals surface area contributed by atoms with E-state index in [1.54, 1.807) is 6.07 Å². The summed E-state index contributed by atoms with van der Waals surface area (Å²) in [6.07, 6.45) is -2.59. The van der Waals surface area contributed by atoms with Gasteiger partial charge in [0.05, 0.1) is 0 Å². The van der Waals surface area contributed by atoms with Gasteiger partial charge >= 0.3 is 12.2 Å². The molecule has 144 valence electrons. The first-order chi connectivity index (χ1) is 12.0. The Hall–Kier alpha value is -1.99. The maximum atomic E-state index is 12.9. The number of pyridine rings is 1. The van der Waals surface area contributed by atoms with E-state index in [-0.39, 0.29) is 23.5 Å². The number of carbonyl (C=O) groups excluding carboxylic acids is 1. The third kappa shape index (κ3) is 4.22. The Morgan fingerprint density at radius 2 is 1.92 bits per heavy atom. The molecule has 3 rings (SSSR count). The molecule has 0 unspecified atom stereocenters. The van der Waals surface area contributed by atoms with Crippen LogP contribution in [0, 0.1) is 11.8 Å². The normalized spacial score (nSPS) is 25.9. The Kier molecular flexibility index (Phi) is 4.79. The van der Waals surface area contributed by atoms with E-state index in [1.165, 1.54) is 6.07 Å². The van der Waals surface area contributed by atoms with Gasteiger partial charge in [0.25, 0.3) is 0 Å². The first-order valence-corrected chi connectivity index (χ1v) is 8.91. The number of nitrogens with zero attached hydrogens (tertiary/aromatic N) is 2. The zero-order chi connectivity index (χ0) is 19.1. The number of carbonyl (C=O) groups is 1. The third-order valence-electron chi connectivity index (χ3n) is 5.01. The summed E-state index contributed by atoms with van der Waals surface area (Å²) in [6, 6.07) is 3.84. The van der Waals surface area contributed by atoms with Crippen molar-refractivity contribution in [3.8, 4) is 0 Å². The maximum absolute atomic E-state index is 12.9. The molecule has 5 nitrogen and oxygen atoms in total. The number of alkyl halides is 3. The lowest BCUT2D eigenvalue weighted by atomic mass is 9.98. The van der Waals surface area contributed by atoms with E-state index >= 15 is 0 Å². The summed E-state index contributed by atoms with van der Waals surface area (Å²) < 4.78 is 38.7. The zero-order valence-corrected chi connectivity index (χ0v) is 15.2. The Morgan fingerprint density at radius 1 is 1.19 bits per heavy atom.